The van der Waals surface area contributed by atoms with E-state index in [1.165, 1.54) is 11.3 Å². The fraction of sp³-hybridized carbons (Fsp3) is 0.357. The maximum absolute atomic E-state index is 12.3. The summed E-state index contributed by atoms with van der Waals surface area (Å²) >= 11 is 0. The fourth-order valence-corrected chi connectivity index (χ4v) is 2.68. The second kappa shape index (κ2) is 3.48. The van der Waals surface area contributed by atoms with Crippen LogP contribution in [0.15, 0.2) is 23.0 Å². The maximum atomic E-state index is 12.3. The molecule has 1 N–H and O–H groups in total. The van der Waals surface area contributed by atoms with Crippen LogP contribution in [0, 0.1) is 0 Å². The highest BCUT2D eigenvalue weighted by Crippen LogP contribution is 2.22. The van der Waals surface area contributed by atoms with Gasteiger partial charge in [0.1, 0.15) is 0 Å². The van der Waals surface area contributed by atoms with Crippen LogP contribution in [0.3, 0.4) is 0 Å². The Morgan fingerprint density at radius 1 is 1.31 bits per heavy atom. The van der Waals surface area contributed by atoms with Crippen LogP contribution in [0.1, 0.15) is 30.2 Å². The van der Waals surface area contributed by atoms with Crippen LogP contribution in [0.4, 0.5) is 0 Å². The second-order valence-corrected chi connectivity index (χ2v) is 4.46. The number of benzene rings is 1. The summed E-state index contributed by atoms with van der Waals surface area (Å²) in [5, 5.41) is 0.861. The van der Waals surface area contributed by atoms with E-state index in [1.54, 1.807) is 0 Å². The van der Waals surface area contributed by atoms with Gasteiger partial charge in [-0.25, -0.2) is 0 Å². The Balaban J connectivity index is 2.45. The van der Waals surface area contributed by atoms with Crippen molar-refractivity contribution in [2.45, 2.75) is 32.6 Å². The SMILES string of the molecule is CCc1cccc2c(=O)c3c([nH]c12)CCC3. The zero-order chi connectivity index (χ0) is 11.1. The van der Waals surface area contributed by atoms with E-state index in [9.17, 15) is 4.79 Å². The summed E-state index contributed by atoms with van der Waals surface area (Å²) in [4.78, 5) is 15.7. The van der Waals surface area contributed by atoms with Crippen LogP contribution in [0.25, 0.3) is 10.9 Å². The van der Waals surface area contributed by atoms with Crippen LogP contribution >= 0.6 is 0 Å². The average Bonchev–Trinajstić information content (AvgIpc) is 2.77. The minimum atomic E-state index is 0.247. The average molecular weight is 213 g/mol. The van der Waals surface area contributed by atoms with Crippen molar-refractivity contribution in [3.8, 4) is 0 Å². The lowest BCUT2D eigenvalue weighted by Crippen LogP contribution is -2.11. The van der Waals surface area contributed by atoms with Crippen molar-refractivity contribution in [2.24, 2.45) is 0 Å². The van der Waals surface area contributed by atoms with Crippen molar-refractivity contribution < 1.29 is 0 Å². The van der Waals surface area contributed by atoms with E-state index in [0.29, 0.717) is 0 Å². The highest BCUT2D eigenvalue weighted by molar-refractivity contribution is 5.82. The normalized spacial score (nSPS) is 14.3. The molecule has 0 aliphatic heterocycles. The summed E-state index contributed by atoms with van der Waals surface area (Å²) in [5.74, 6) is 0. The molecule has 1 aromatic carbocycles. The molecule has 1 aliphatic rings. The minimum Gasteiger partial charge on any atom is -0.358 e. The largest absolute Gasteiger partial charge is 0.358 e. The number of H-pyrrole nitrogens is 1. The Bertz CT molecular complexity index is 610. The van der Waals surface area contributed by atoms with Gasteiger partial charge >= 0.3 is 0 Å². The molecular formula is C14H15NO. The van der Waals surface area contributed by atoms with Crippen LogP contribution < -0.4 is 5.43 Å². The number of rotatable bonds is 1. The third-order valence-electron chi connectivity index (χ3n) is 3.54. The predicted octanol–water partition coefficient (Wildman–Crippen LogP) is 2.58. The smallest absolute Gasteiger partial charge is 0.192 e. The first-order chi connectivity index (χ1) is 7.81. The summed E-state index contributed by atoms with van der Waals surface area (Å²) in [7, 11) is 0. The van der Waals surface area contributed by atoms with E-state index in [1.807, 2.05) is 12.1 Å². The molecule has 82 valence electrons. The summed E-state index contributed by atoms with van der Waals surface area (Å²) in [6.45, 7) is 2.13. The lowest BCUT2D eigenvalue weighted by molar-refractivity contribution is 0.900. The Kier molecular flexibility index (Phi) is 2.10. The lowest BCUT2D eigenvalue weighted by atomic mass is 10.0. The third kappa shape index (κ3) is 1.22. The molecule has 16 heavy (non-hydrogen) atoms. The number of aromatic nitrogens is 1. The van der Waals surface area contributed by atoms with E-state index in [4.69, 9.17) is 0 Å². The molecule has 0 saturated heterocycles. The molecule has 0 radical (unpaired) electrons. The van der Waals surface area contributed by atoms with Gasteiger partial charge in [0.05, 0.1) is 5.52 Å². The van der Waals surface area contributed by atoms with Crippen molar-refractivity contribution >= 4 is 10.9 Å². The monoisotopic (exact) mass is 213 g/mol. The third-order valence-corrected chi connectivity index (χ3v) is 3.54. The van der Waals surface area contributed by atoms with Gasteiger partial charge in [-0.2, -0.15) is 0 Å². The molecule has 2 nitrogen and oxygen atoms in total. The van der Waals surface area contributed by atoms with E-state index < -0.39 is 0 Å². The van der Waals surface area contributed by atoms with Gasteiger partial charge in [0, 0.05) is 16.6 Å². The van der Waals surface area contributed by atoms with Crippen molar-refractivity contribution in [3.63, 3.8) is 0 Å². The summed E-state index contributed by atoms with van der Waals surface area (Å²) in [6, 6.07) is 6.02. The van der Waals surface area contributed by atoms with Gasteiger partial charge in [0.25, 0.3) is 0 Å². The molecular weight excluding hydrogens is 198 g/mol. The number of fused-ring (bicyclic) bond motifs is 2. The molecule has 3 rings (SSSR count). The summed E-state index contributed by atoms with van der Waals surface area (Å²) in [5.41, 5.74) is 4.72. The van der Waals surface area contributed by atoms with Crippen molar-refractivity contribution in [3.05, 3.63) is 45.2 Å². The Hall–Kier alpha value is -1.57. The van der Waals surface area contributed by atoms with Gasteiger partial charge in [-0.1, -0.05) is 19.1 Å². The molecule has 1 heterocycles. The van der Waals surface area contributed by atoms with Gasteiger partial charge in [-0.15, -0.1) is 0 Å². The fourth-order valence-electron chi connectivity index (χ4n) is 2.68. The van der Waals surface area contributed by atoms with Crippen molar-refractivity contribution in [2.75, 3.05) is 0 Å². The van der Waals surface area contributed by atoms with Gasteiger partial charge in [0.2, 0.25) is 0 Å². The summed E-state index contributed by atoms with van der Waals surface area (Å²) in [6.07, 6.45) is 4.04. The first-order valence-electron chi connectivity index (χ1n) is 5.97. The predicted molar refractivity (Wildman–Crippen MR) is 66.0 cm³/mol. The van der Waals surface area contributed by atoms with E-state index in [0.717, 1.165) is 42.1 Å². The molecule has 0 unspecified atom stereocenters. The zero-order valence-electron chi connectivity index (χ0n) is 9.47. The number of nitrogens with one attached hydrogen (secondary N) is 1. The quantitative estimate of drug-likeness (QED) is 0.776. The number of pyridine rings is 1. The number of hydrogen-bond acceptors (Lipinski definition) is 1. The number of para-hydroxylation sites is 1. The molecule has 0 bridgehead atoms. The van der Waals surface area contributed by atoms with Crippen LogP contribution in [-0.4, -0.2) is 4.98 Å². The molecule has 0 saturated carbocycles. The minimum absolute atomic E-state index is 0.247. The molecule has 1 aliphatic carbocycles. The van der Waals surface area contributed by atoms with E-state index in [-0.39, 0.29) is 5.43 Å². The molecule has 2 heteroatoms. The van der Waals surface area contributed by atoms with E-state index in [2.05, 4.69) is 18.0 Å². The van der Waals surface area contributed by atoms with E-state index >= 15 is 0 Å². The van der Waals surface area contributed by atoms with Gasteiger partial charge in [0.15, 0.2) is 5.43 Å². The van der Waals surface area contributed by atoms with Crippen molar-refractivity contribution in [1.82, 2.24) is 4.98 Å². The first-order valence-corrected chi connectivity index (χ1v) is 5.97. The van der Waals surface area contributed by atoms with Crippen LogP contribution in [-0.2, 0) is 19.3 Å². The number of hydrogen-bond donors (Lipinski definition) is 1. The van der Waals surface area contributed by atoms with Crippen molar-refractivity contribution in [1.29, 1.82) is 0 Å². The summed E-state index contributed by atoms with van der Waals surface area (Å²) < 4.78 is 0. The maximum Gasteiger partial charge on any atom is 0.192 e. The van der Waals surface area contributed by atoms with Gasteiger partial charge in [-0.05, 0) is 37.3 Å². The topological polar surface area (TPSA) is 32.9 Å². The highest BCUT2D eigenvalue weighted by atomic mass is 16.1. The number of aromatic amines is 1. The molecule has 0 spiro atoms. The Labute approximate surface area is 94.3 Å². The first kappa shape index (κ1) is 9.64. The molecule has 1 aromatic heterocycles. The van der Waals surface area contributed by atoms with Gasteiger partial charge in [-0.3, -0.25) is 4.79 Å². The van der Waals surface area contributed by atoms with Crippen LogP contribution in [0.2, 0.25) is 0 Å². The molecule has 0 fully saturated rings. The molecule has 2 aromatic rings. The van der Waals surface area contributed by atoms with Crippen LogP contribution in [0.5, 0.6) is 0 Å². The molecule has 0 amide bonds. The lowest BCUT2D eigenvalue weighted by Gasteiger charge is -2.07. The second-order valence-electron chi connectivity index (χ2n) is 4.46. The zero-order valence-corrected chi connectivity index (χ0v) is 9.47. The highest BCUT2D eigenvalue weighted by Gasteiger charge is 2.17. The Morgan fingerprint density at radius 3 is 3.00 bits per heavy atom. The standard InChI is InChI=1S/C14H15NO/c1-2-9-5-3-7-11-13(9)15-12-8-4-6-10(12)14(11)16/h3,5,7H,2,4,6,8H2,1H3,(H,15,16). The Morgan fingerprint density at radius 2 is 2.19 bits per heavy atom. The molecule has 0 atom stereocenters. The van der Waals surface area contributed by atoms with Gasteiger partial charge < -0.3 is 4.98 Å². The number of aryl methyl sites for hydroxylation is 2.